The average molecular weight is 234 g/mol. The molecule has 1 atom stereocenters. The maximum atomic E-state index is 11.1. The first-order chi connectivity index (χ1) is 6.41. The van der Waals surface area contributed by atoms with Crippen molar-refractivity contribution in [2.45, 2.75) is 25.5 Å². The fraction of sp³-hybridized carbons (Fsp3) is 0.556. The zero-order chi connectivity index (χ0) is 10.8. The topological polar surface area (TPSA) is 54.4 Å². The summed E-state index contributed by atoms with van der Waals surface area (Å²) in [7, 11) is -3.98. The molecule has 1 aromatic heterocycles. The van der Waals surface area contributed by atoms with Crippen LogP contribution in [0.2, 0.25) is 0 Å². The van der Waals surface area contributed by atoms with Crippen LogP contribution in [0.3, 0.4) is 0 Å². The summed E-state index contributed by atoms with van der Waals surface area (Å²) in [6, 6.07) is 1.74. The van der Waals surface area contributed by atoms with Crippen molar-refractivity contribution in [2.24, 2.45) is 5.92 Å². The highest BCUT2D eigenvalue weighted by molar-refractivity contribution is 7.86. The smallest absolute Gasteiger partial charge is 0.272 e. The minimum absolute atomic E-state index is 0.238. The zero-order valence-electron chi connectivity index (χ0n) is 8.17. The van der Waals surface area contributed by atoms with Crippen LogP contribution in [0.1, 0.15) is 31.1 Å². The third-order valence-electron chi connectivity index (χ3n) is 1.96. The van der Waals surface area contributed by atoms with E-state index in [1.54, 1.807) is 11.4 Å². The summed E-state index contributed by atoms with van der Waals surface area (Å²) in [6.07, 6.45) is 0.454. The van der Waals surface area contributed by atoms with Crippen LogP contribution in [0.25, 0.3) is 0 Å². The summed E-state index contributed by atoms with van der Waals surface area (Å²) in [5.41, 5.74) is 0.686. The summed E-state index contributed by atoms with van der Waals surface area (Å²) >= 11 is 1.44. The Labute approximate surface area is 88.5 Å². The van der Waals surface area contributed by atoms with Crippen LogP contribution >= 0.6 is 11.3 Å². The highest BCUT2D eigenvalue weighted by Gasteiger charge is 2.26. The molecule has 0 spiro atoms. The van der Waals surface area contributed by atoms with Crippen molar-refractivity contribution in [3.63, 3.8) is 0 Å². The van der Waals surface area contributed by atoms with Crippen LogP contribution < -0.4 is 0 Å². The van der Waals surface area contributed by atoms with Gasteiger partial charge in [-0.25, -0.2) is 0 Å². The number of thiophene rings is 1. The van der Waals surface area contributed by atoms with Crippen LogP contribution in [0, 0.1) is 5.92 Å². The molecule has 3 nitrogen and oxygen atoms in total. The highest BCUT2D eigenvalue weighted by Crippen LogP contribution is 2.29. The Morgan fingerprint density at radius 1 is 1.50 bits per heavy atom. The van der Waals surface area contributed by atoms with Gasteiger partial charge in [-0.05, 0) is 34.7 Å². The molecular weight excluding hydrogens is 220 g/mol. The molecular formula is C9H14O3S2. The number of hydrogen-bond acceptors (Lipinski definition) is 3. The van der Waals surface area contributed by atoms with Gasteiger partial charge in [0.2, 0.25) is 0 Å². The lowest BCUT2D eigenvalue weighted by atomic mass is 10.0. The molecule has 0 aliphatic heterocycles. The van der Waals surface area contributed by atoms with E-state index in [9.17, 15) is 8.42 Å². The van der Waals surface area contributed by atoms with E-state index in [0.717, 1.165) is 0 Å². The second-order valence-corrected chi connectivity index (χ2v) is 6.07. The molecule has 80 valence electrons. The highest BCUT2D eigenvalue weighted by atomic mass is 32.2. The summed E-state index contributed by atoms with van der Waals surface area (Å²) in [5.74, 6) is 0.238. The molecule has 1 heterocycles. The first-order valence-electron chi connectivity index (χ1n) is 4.39. The van der Waals surface area contributed by atoms with Crippen LogP contribution in [0.15, 0.2) is 16.8 Å². The summed E-state index contributed by atoms with van der Waals surface area (Å²) in [6.45, 7) is 3.87. The molecule has 1 aromatic rings. The summed E-state index contributed by atoms with van der Waals surface area (Å²) in [5, 5.41) is 2.81. The fourth-order valence-corrected chi connectivity index (χ4v) is 3.24. The molecule has 1 N–H and O–H groups in total. The van der Waals surface area contributed by atoms with Gasteiger partial charge in [0.1, 0.15) is 5.25 Å². The summed E-state index contributed by atoms with van der Waals surface area (Å²) < 4.78 is 31.3. The first-order valence-corrected chi connectivity index (χ1v) is 6.84. The minimum atomic E-state index is -3.98. The van der Waals surface area contributed by atoms with Gasteiger partial charge < -0.3 is 0 Å². The minimum Gasteiger partial charge on any atom is -0.285 e. The zero-order valence-corrected chi connectivity index (χ0v) is 9.81. The van der Waals surface area contributed by atoms with Gasteiger partial charge in [0, 0.05) is 0 Å². The van der Waals surface area contributed by atoms with E-state index in [0.29, 0.717) is 12.0 Å². The van der Waals surface area contributed by atoms with Gasteiger partial charge in [0.05, 0.1) is 0 Å². The van der Waals surface area contributed by atoms with Crippen molar-refractivity contribution in [3.8, 4) is 0 Å². The van der Waals surface area contributed by atoms with E-state index >= 15 is 0 Å². The largest absolute Gasteiger partial charge is 0.285 e. The van der Waals surface area contributed by atoms with Gasteiger partial charge in [0.25, 0.3) is 10.1 Å². The number of rotatable bonds is 4. The predicted octanol–water partition coefficient (Wildman–Crippen LogP) is 2.72. The van der Waals surface area contributed by atoms with Crippen LogP contribution in [0.4, 0.5) is 0 Å². The van der Waals surface area contributed by atoms with Gasteiger partial charge in [-0.3, -0.25) is 4.55 Å². The van der Waals surface area contributed by atoms with Crippen molar-refractivity contribution >= 4 is 21.5 Å². The Balaban J connectivity index is 2.95. The lowest BCUT2D eigenvalue weighted by Gasteiger charge is -2.14. The molecule has 0 saturated carbocycles. The van der Waals surface area contributed by atoms with Crippen molar-refractivity contribution < 1.29 is 13.0 Å². The fourth-order valence-electron chi connectivity index (χ4n) is 1.32. The third-order valence-corrected chi connectivity index (χ3v) is 3.85. The number of hydrogen-bond donors (Lipinski definition) is 1. The van der Waals surface area contributed by atoms with E-state index in [1.807, 2.05) is 19.2 Å². The normalized spacial score (nSPS) is 14.6. The average Bonchev–Trinajstić information content (AvgIpc) is 2.49. The monoisotopic (exact) mass is 234 g/mol. The maximum absolute atomic E-state index is 11.1. The van der Waals surface area contributed by atoms with Crippen molar-refractivity contribution in [1.29, 1.82) is 0 Å². The van der Waals surface area contributed by atoms with E-state index in [1.165, 1.54) is 11.3 Å². The molecule has 0 aliphatic carbocycles. The molecule has 0 fully saturated rings. The molecule has 0 saturated heterocycles. The van der Waals surface area contributed by atoms with Gasteiger partial charge in [-0.15, -0.1) is 0 Å². The predicted molar refractivity (Wildman–Crippen MR) is 58.1 cm³/mol. The molecule has 5 heteroatoms. The van der Waals surface area contributed by atoms with E-state index in [-0.39, 0.29) is 5.92 Å². The van der Waals surface area contributed by atoms with Gasteiger partial charge in [0.15, 0.2) is 0 Å². The molecule has 0 bridgehead atoms. The van der Waals surface area contributed by atoms with Gasteiger partial charge in [-0.2, -0.15) is 19.8 Å². The van der Waals surface area contributed by atoms with Crippen molar-refractivity contribution in [3.05, 3.63) is 22.4 Å². The van der Waals surface area contributed by atoms with E-state index in [2.05, 4.69) is 0 Å². The Morgan fingerprint density at radius 3 is 2.50 bits per heavy atom. The van der Waals surface area contributed by atoms with E-state index in [4.69, 9.17) is 4.55 Å². The molecule has 0 amide bonds. The van der Waals surface area contributed by atoms with Gasteiger partial charge >= 0.3 is 0 Å². The lowest BCUT2D eigenvalue weighted by molar-refractivity contribution is 0.449. The van der Waals surface area contributed by atoms with E-state index < -0.39 is 15.4 Å². The molecule has 1 unspecified atom stereocenters. The van der Waals surface area contributed by atoms with Crippen molar-refractivity contribution in [2.75, 3.05) is 0 Å². The van der Waals surface area contributed by atoms with Gasteiger partial charge in [-0.1, -0.05) is 13.8 Å². The Kier molecular flexibility index (Phi) is 3.69. The molecule has 0 aromatic carbocycles. The SMILES string of the molecule is CC(C)CC(c1ccsc1)S(=O)(=O)O. The lowest BCUT2D eigenvalue weighted by Crippen LogP contribution is -2.13. The second-order valence-electron chi connectivity index (χ2n) is 3.69. The standard InChI is InChI=1S/C9H14O3S2/c1-7(2)5-9(14(10,11)12)8-3-4-13-6-8/h3-4,6-7,9H,5H2,1-2H3,(H,10,11,12). The third kappa shape index (κ3) is 3.08. The summed E-state index contributed by atoms with van der Waals surface area (Å²) in [4.78, 5) is 0. The molecule has 1 rings (SSSR count). The Hall–Kier alpha value is -0.390. The van der Waals surface area contributed by atoms with Crippen molar-refractivity contribution in [1.82, 2.24) is 0 Å². The Bertz CT molecular complexity index is 365. The molecule has 0 aliphatic rings. The Morgan fingerprint density at radius 2 is 2.14 bits per heavy atom. The van der Waals surface area contributed by atoms with Crippen LogP contribution in [-0.4, -0.2) is 13.0 Å². The maximum Gasteiger partial charge on any atom is 0.272 e. The second kappa shape index (κ2) is 4.42. The molecule has 14 heavy (non-hydrogen) atoms. The quantitative estimate of drug-likeness (QED) is 0.815. The van der Waals surface area contributed by atoms with Crippen LogP contribution in [0.5, 0.6) is 0 Å². The molecule has 0 radical (unpaired) electrons. The first kappa shape index (κ1) is 11.7. The van der Waals surface area contributed by atoms with Crippen LogP contribution in [-0.2, 0) is 10.1 Å².